The molecule has 0 amide bonds. The second kappa shape index (κ2) is 8.06. The monoisotopic (exact) mass is 411 g/mol. The number of ketones is 1. The highest BCUT2D eigenvalue weighted by Gasteiger charge is 2.37. The summed E-state index contributed by atoms with van der Waals surface area (Å²) in [6.07, 6.45) is 3.09. The predicted molar refractivity (Wildman–Crippen MR) is 115 cm³/mol. The molecule has 6 nitrogen and oxygen atoms in total. The molecule has 0 saturated carbocycles. The summed E-state index contributed by atoms with van der Waals surface area (Å²) in [6.45, 7) is 4.22. The summed E-state index contributed by atoms with van der Waals surface area (Å²) in [7, 11) is 1.62. The van der Waals surface area contributed by atoms with Crippen LogP contribution < -0.4 is 15.6 Å². The average Bonchev–Trinajstić information content (AvgIpc) is 2.72. The van der Waals surface area contributed by atoms with Crippen molar-refractivity contribution in [1.82, 2.24) is 9.97 Å². The van der Waals surface area contributed by atoms with E-state index in [9.17, 15) is 9.59 Å². The summed E-state index contributed by atoms with van der Waals surface area (Å²) in [5.74, 6) is 0.981. The van der Waals surface area contributed by atoms with Crippen LogP contribution in [0, 0.1) is 0 Å². The Morgan fingerprint density at radius 3 is 2.69 bits per heavy atom. The molecule has 1 aliphatic carbocycles. The molecule has 0 spiro atoms. The Morgan fingerprint density at radius 1 is 1.24 bits per heavy atom. The lowest BCUT2D eigenvalue weighted by molar-refractivity contribution is -0.116. The minimum atomic E-state index is -0.418. The number of benzene rings is 1. The smallest absolute Gasteiger partial charge is 0.257 e. The number of hydrogen-bond acceptors (Lipinski definition) is 6. The summed E-state index contributed by atoms with van der Waals surface area (Å²) >= 11 is 1.56. The number of aromatic amines is 1. The van der Waals surface area contributed by atoms with Crippen LogP contribution in [0.2, 0.25) is 0 Å². The largest absolute Gasteiger partial charge is 0.497 e. The molecule has 2 atom stereocenters. The SMILES string of the molecule is CCC(C)Sc1nc2c(c(=O)[nH]1)C(c1ccc(OC)cc1)C1=C(CCCC1=O)N2. The Morgan fingerprint density at radius 2 is 2.00 bits per heavy atom. The fraction of sp³-hybridized carbons (Fsp3) is 0.409. The maximum atomic E-state index is 13.1. The quantitative estimate of drug-likeness (QED) is 0.566. The second-order valence-electron chi connectivity index (χ2n) is 7.47. The third-order valence-corrected chi connectivity index (χ3v) is 6.73. The molecular weight excluding hydrogens is 386 g/mol. The van der Waals surface area contributed by atoms with Gasteiger partial charge in [0.15, 0.2) is 10.9 Å². The van der Waals surface area contributed by atoms with Gasteiger partial charge in [0.05, 0.1) is 12.7 Å². The number of aromatic nitrogens is 2. The summed E-state index contributed by atoms with van der Waals surface area (Å²) in [5.41, 5.74) is 2.80. The van der Waals surface area contributed by atoms with E-state index in [4.69, 9.17) is 9.72 Å². The molecule has 152 valence electrons. The number of hydrogen-bond donors (Lipinski definition) is 2. The van der Waals surface area contributed by atoms with Gasteiger partial charge in [0, 0.05) is 28.9 Å². The van der Waals surface area contributed by atoms with Gasteiger partial charge in [-0.1, -0.05) is 37.7 Å². The van der Waals surface area contributed by atoms with Crippen LogP contribution in [0.3, 0.4) is 0 Å². The zero-order valence-electron chi connectivity index (χ0n) is 16.9. The molecule has 0 bridgehead atoms. The summed E-state index contributed by atoms with van der Waals surface area (Å²) in [4.78, 5) is 33.6. The minimum absolute atomic E-state index is 0.0997. The predicted octanol–water partition coefficient (Wildman–Crippen LogP) is 4.23. The molecule has 0 fully saturated rings. The molecule has 2 aliphatic rings. The van der Waals surface area contributed by atoms with Gasteiger partial charge in [0.1, 0.15) is 11.6 Å². The number of nitrogens with one attached hydrogen (secondary N) is 2. The number of methoxy groups -OCH3 is 1. The third-order valence-electron chi connectivity index (χ3n) is 5.57. The number of allylic oxidation sites excluding steroid dienone is 2. The van der Waals surface area contributed by atoms with E-state index in [0.717, 1.165) is 36.3 Å². The van der Waals surface area contributed by atoms with E-state index in [1.165, 1.54) is 0 Å². The Balaban J connectivity index is 1.86. The highest BCUT2D eigenvalue weighted by molar-refractivity contribution is 7.99. The number of fused-ring (bicyclic) bond motifs is 1. The first-order valence-corrected chi connectivity index (χ1v) is 10.9. The van der Waals surface area contributed by atoms with Crippen molar-refractivity contribution in [2.45, 2.75) is 55.9 Å². The first-order valence-electron chi connectivity index (χ1n) is 9.99. The normalized spacial score (nSPS) is 19.3. The summed E-state index contributed by atoms with van der Waals surface area (Å²) in [5, 5.41) is 4.27. The molecule has 2 heterocycles. The van der Waals surface area contributed by atoms with Crippen LogP contribution in [0.5, 0.6) is 5.75 Å². The van der Waals surface area contributed by atoms with E-state index in [-0.39, 0.29) is 11.3 Å². The molecule has 1 aromatic heterocycles. The zero-order valence-corrected chi connectivity index (χ0v) is 17.7. The number of carbonyl (C=O) groups excluding carboxylic acids is 1. The van der Waals surface area contributed by atoms with Crippen molar-refractivity contribution in [3.8, 4) is 5.75 Å². The molecule has 1 aromatic carbocycles. The van der Waals surface area contributed by atoms with Crippen LogP contribution in [-0.4, -0.2) is 28.1 Å². The Hall–Kier alpha value is -2.54. The number of rotatable bonds is 5. The van der Waals surface area contributed by atoms with Crippen molar-refractivity contribution in [3.05, 3.63) is 57.0 Å². The average molecular weight is 412 g/mol. The highest BCUT2D eigenvalue weighted by Crippen LogP contribution is 2.43. The van der Waals surface area contributed by atoms with Gasteiger partial charge < -0.3 is 15.0 Å². The van der Waals surface area contributed by atoms with Crippen molar-refractivity contribution in [1.29, 1.82) is 0 Å². The molecular formula is C22H25N3O3S. The van der Waals surface area contributed by atoms with E-state index in [0.29, 0.717) is 33.8 Å². The Kier molecular flexibility index (Phi) is 5.50. The first kappa shape index (κ1) is 19.8. The van der Waals surface area contributed by atoms with Gasteiger partial charge in [-0.05, 0) is 37.0 Å². The van der Waals surface area contributed by atoms with Gasteiger partial charge in [-0.15, -0.1) is 0 Å². The molecule has 2 N–H and O–H groups in total. The molecule has 2 unspecified atom stereocenters. The standard InChI is InChI=1S/C22H25N3O3S/c1-4-12(2)29-22-24-20-19(21(27)25-22)17(13-8-10-14(28-3)11-9-13)18-15(23-20)6-5-7-16(18)26/h8-12,17H,4-7H2,1-3H3,(H2,23,24,25,27). The van der Waals surface area contributed by atoms with Crippen LogP contribution in [-0.2, 0) is 4.79 Å². The lowest BCUT2D eigenvalue weighted by Crippen LogP contribution is -2.32. The number of ether oxygens (including phenoxy) is 1. The molecule has 4 rings (SSSR count). The van der Waals surface area contributed by atoms with Crippen molar-refractivity contribution >= 4 is 23.4 Å². The van der Waals surface area contributed by atoms with E-state index >= 15 is 0 Å². The fourth-order valence-electron chi connectivity index (χ4n) is 3.90. The summed E-state index contributed by atoms with van der Waals surface area (Å²) < 4.78 is 5.27. The number of anilines is 1. The van der Waals surface area contributed by atoms with Gasteiger partial charge in [-0.25, -0.2) is 4.98 Å². The maximum absolute atomic E-state index is 13.1. The number of H-pyrrole nitrogens is 1. The number of carbonyl (C=O) groups is 1. The molecule has 0 radical (unpaired) electrons. The van der Waals surface area contributed by atoms with Gasteiger partial charge >= 0.3 is 0 Å². The van der Waals surface area contributed by atoms with Gasteiger partial charge in [0.25, 0.3) is 5.56 Å². The van der Waals surface area contributed by atoms with Crippen molar-refractivity contribution in [2.75, 3.05) is 12.4 Å². The van der Waals surface area contributed by atoms with E-state index in [1.54, 1.807) is 18.9 Å². The van der Waals surface area contributed by atoms with Crippen LogP contribution in [0.15, 0.2) is 45.5 Å². The van der Waals surface area contributed by atoms with Crippen LogP contribution in [0.1, 0.15) is 56.6 Å². The maximum Gasteiger partial charge on any atom is 0.257 e. The van der Waals surface area contributed by atoms with Gasteiger partial charge in [-0.3, -0.25) is 9.59 Å². The van der Waals surface area contributed by atoms with E-state index in [1.807, 2.05) is 24.3 Å². The van der Waals surface area contributed by atoms with E-state index in [2.05, 4.69) is 24.1 Å². The van der Waals surface area contributed by atoms with Crippen LogP contribution >= 0.6 is 11.8 Å². The van der Waals surface area contributed by atoms with Crippen LogP contribution in [0.4, 0.5) is 5.82 Å². The Labute approximate surface area is 174 Å². The van der Waals surface area contributed by atoms with Gasteiger partial charge in [-0.2, -0.15) is 0 Å². The molecule has 7 heteroatoms. The van der Waals surface area contributed by atoms with Crippen molar-refractivity contribution < 1.29 is 9.53 Å². The lowest BCUT2D eigenvalue weighted by Gasteiger charge is -2.32. The molecule has 1 aliphatic heterocycles. The number of nitrogens with zero attached hydrogens (tertiary/aromatic N) is 1. The fourth-order valence-corrected chi connectivity index (χ4v) is 4.74. The highest BCUT2D eigenvalue weighted by atomic mass is 32.2. The number of Topliss-reactive ketones (excluding diaryl/α,β-unsaturated/α-hetero) is 1. The zero-order chi connectivity index (χ0) is 20.5. The van der Waals surface area contributed by atoms with E-state index < -0.39 is 5.92 Å². The second-order valence-corrected chi connectivity index (χ2v) is 8.90. The van der Waals surface area contributed by atoms with Crippen molar-refractivity contribution in [3.63, 3.8) is 0 Å². The molecule has 0 saturated heterocycles. The molecule has 2 aromatic rings. The van der Waals surface area contributed by atoms with Crippen molar-refractivity contribution in [2.24, 2.45) is 0 Å². The lowest BCUT2D eigenvalue weighted by atomic mass is 9.76. The minimum Gasteiger partial charge on any atom is -0.497 e. The number of thioether (sulfide) groups is 1. The third kappa shape index (κ3) is 3.71. The molecule has 29 heavy (non-hydrogen) atoms. The van der Waals surface area contributed by atoms with Gasteiger partial charge in [0.2, 0.25) is 0 Å². The first-order chi connectivity index (χ1) is 14.0. The van der Waals surface area contributed by atoms with Crippen LogP contribution in [0.25, 0.3) is 0 Å². The Bertz CT molecular complexity index is 1030. The summed E-state index contributed by atoms with van der Waals surface area (Å²) in [6, 6.07) is 7.57. The topological polar surface area (TPSA) is 84.1 Å².